The average Bonchev–Trinajstić information content (AvgIpc) is 3.75. The van der Waals surface area contributed by atoms with Gasteiger partial charge in [-0.05, 0) is 60.9 Å². The number of hydrogen-bond donors (Lipinski definition) is 0. The molecule has 4 heterocycles. The van der Waals surface area contributed by atoms with Crippen molar-refractivity contribution < 1.29 is 8.53 Å². The Hall–Kier alpha value is -5.26. The van der Waals surface area contributed by atoms with Crippen molar-refractivity contribution in [2.45, 2.75) is 6.85 Å². The van der Waals surface area contributed by atoms with Crippen LogP contribution < -0.4 is 0 Å². The topological polar surface area (TPSA) is 43.9 Å². The number of pyridine rings is 1. The van der Waals surface area contributed by atoms with Crippen molar-refractivity contribution in [2.75, 3.05) is 0 Å². The fraction of sp³-hybridized carbons (Fsp3) is 0.0270. The molecule has 0 aliphatic heterocycles. The molecule has 9 rings (SSSR count). The van der Waals surface area contributed by atoms with Gasteiger partial charge in [-0.15, -0.1) is 11.3 Å². The molecule has 5 aromatic carbocycles. The lowest BCUT2D eigenvalue weighted by Gasteiger charge is -2.13. The molecule has 0 fully saturated rings. The summed E-state index contributed by atoms with van der Waals surface area (Å²) in [5.74, 6) is 0.795. The van der Waals surface area contributed by atoms with E-state index in [1.165, 1.54) is 11.3 Å². The second-order valence-electron chi connectivity index (χ2n) is 10.4. The molecule has 0 atom stereocenters. The van der Waals surface area contributed by atoms with Crippen LogP contribution in [-0.4, -0.2) is 14.5 Å². The van der Waals surface area contributed by atoms with E-state index in [0.717, 1.165) is 76.6 Å². The number of furan rings is 1. The van der Waals surface area contributed by atoms with Crippen LogP contribution in [0.5, 0.6) is 0 Å². The third-order valence-electron chi connectivity index (χ3n) is 8.00. The van der Waals surface area contributed by atoms with Crippen molar-refractivity contribution in [1.82, 2.24) is 14.5 Å². The Kier molecular flexibility index (Phi) is 4.35. The highest BCUT2D eigenvalue weighted by atomic mass is 32.1. The number of aryl methyl sites for hydroxylation is 1. The van der Waals surface area contributed by atoms with Crippen molar-refractivity contribution >= 4 is 64.6 Å². The largest absolute Gasteiger partial charge is 0.455 e. The van der Waals surface area contributed by atoms with E-state index in [9.17, 15) is 0 Å². The molecule has 0 unspecified atom stereocenters. The fourth-order valence-corrected chi connectivity index (χ4v) is 7.33. The standard InChI is InChI=1S/C37H23N3OS/c1-22-18-19-26-25-13-9-14-28(35(25)42-37(26)38-22)36-39-29-15-6-7-16-30(29)40(36)31-21-20-24(23-10-3-2-4-11-23)34-33(31)27-12-5-8-17-32(27)41-34/h2-21H,1H3/i1D3. The van der Waals surface area contributed by atoms with Crippen molar-refractivity contribution in [3.8, 4) is 28.2 Å². The Morgan fingerprint density at radius 2 is 1.52 bits per heavy atom. The third-order valence-corrected chi connectivity index (χ3v) is 9.14. The molecule has 0 aliphatic rings. The highest BCUT2D eigenvalue weighted by Gasteiger charge is 2.23. The van der Waals surface area contributed by atoms with Gasteiger partial charge in [-0.3, -0.25) is 4.57 Å². The highest BCUT2D eigenvalue weighted by Crippen LogP contribution is 2.44. The lowest BCUT2D eigenvalue weighted by molar-refractivity contribution is 0.670. The number of aromatic nitrogens is 3. The molecule has 4 aromatic heterocycles. The van der Waals surface area contributed by atoms with E-state index < -0.39 is 6.85 Å². The van der Waals surface area contributed by atoms with E-state index in [4.69, 9.17) is 13.5 Å². The van der Waals surface area contributed by atoms with Gasteiger partial charge in [0.2, 0.25) is 0 Å². The molecule has 0 N–H and O–H groups in total. The molecule has 0 aliphatic carbocycles. The quantitative estimate of drug-likeness (QED) is 0.216. The van der Waals surface area contributed by atoms with Crippen LogP contribution >= 0.6 is 11.3 Å². The number of imidazole rings is 1. The van der Waals surface area contributed by atoms with Crippen LogP contribution in [0.25, 0.3) is 81.5 Å². The molecule has 0 spiro atoms. The number of rotatable bonds is 3. The molecule has 0 saturated heterocycles. The average molecular weight is 561 g/mol. The molecule has 5 heteroatoms. The number of hydrogen-bond acceptors (Lipinski definition) is 4. The van der Waals surface area contributed by atoms with Crippen LogP contribution in [0.1, 0.15) is 9.81 Å². The number of nitrogens with zero attached hydrogens (tertiary/aromatic N) is 3. The van der Waals surface area contributed by atoms with Gasteiger partial charge in [0.25, 0.3) is 0 Å². The summed E-state index contributed by atoms with van der Waals surface area (Å²) in [7, 11) is 0. The summed E-state index contributed by atoms with van der Waals surface area (Å²) in [4.78, 5) is 10.5. The summed E-state index contributed by atoms with van der Waals surface area (Å²) in [5, 5.41) is 4.01. The first-order valence-electron chi connectivity index (χ1n) is 15.3. The lowest BCUT2D eigenvalue weighted by Crippen LogP contribution is -1.99. The zero-order valence-electron chi connectivity index (χ0n) is 25.2. The Morgan fingerprint density at radius 1 is 0.690 bits per heavy atom. The summed E-state index contributed by atoms with van der Waals surface area (Å²) < 4.78 is 33.5. The van der Waals surface area contributed by atoms with Gasteiger partial charge in [-0.25, -0.2) is 9.97 Å². The zero-order valence-corrected chi connectivity index (χ0v) is 23.0. The number of benzene rings is 5. The van der Waals surface area contributed by atoms with Crippen molar-refractivity contribution in [3.05, 3.63) is 127 Å². The highest BCUT2D eigenvalue weighted by molar-refractivity contribution is 7.26. The maximum absolute atomic E-state index is 7.88. The van der Waals surface area contributed by atoms with Gasteiger partial charge in [0.15, 0.2) is 0 Å². The summed E-state index contributed by atoms with van der Waals surface area (Å²) >= 11 is 1.50. The molecule has 4 nitrogen and oxygen atoms in total. The van der Waals surface area contributed by atoms with Gasteiger partial charge < -0.3 is 4.42 Å². The van der Waals surface area contributed by atoms with Crippen molar-refractivity contribution in [3.63, 3.8) is 0 Å². The smallest absolute Gasteiger partial charge is 0.147 e. The first kappa shape index (κ1) is 20.6. The van der Waals surface area contributed by atoms with Gasteiger partial charge in [-0.2, -0.15) is 0 Å². The van der Waals surface area contributed by atoms with Gasteiger partial charge in [0.1, 0.15) is 21.8 Å². The zero-order chi connectivity index (χ0) is 30.3. The predicted octanol–water partition coefficient (Wildman–Crippen LogP) is 10.3. The van der Waals surface area contributed by atoms with Crippen LogP contribution in [0.3, 0.4) is 0 Å². The van der Waals surface area contributed by atoms with E-state index in [0.29, 0.717) is 4.83 Å². The normalized spacial score (nSPS) is 13.3. The molecule has 0 saturated carbocycles. The molecule has 0 amide bonds. The van der Waals surface area contributed by atoms with Crippen LogP contribution in [0, 0.1) is 6.85 Å². The summed E-state index contributed by atoms with van der Waals surface area (Å²) in [5.41, 5.74) is 7.64. The minimum absolute atomic E-state index is 0.100. The van der Waals surface area contributed by atoms with E-state index in [1.54, 1.807) is 6.07 Å². The monoisotopic (exact) mass is 560 g/mol. The van der Waals surface area contributed by atoms with Crippen molar-refractivity contribution in [1.29, 1.82) is 0 Å². The predicted molar refractivity (Wildman–Crippen MR) is 175 cm³/mol. The first-order chi connectivity index (χ1) is 22.0. The van der Waals surface area contributed by atoms with Gasteiger partial charge in [0.05, 0.1) is 22.1 Å². The van der Waals surface area contributed by atoms with E-state index in [-0.39, 0.29) is 5.69 Å². The second-order valence-corrected chi connectivity index (χ2v) is 11.4. The lowest BCUT2D eigenvalue weighted by atomic mass is 10.0. The van der Waals surface area contributed by atoms with Gasteiger partial charge in [-0.1, -0.05) is 72.8 Å². The van der Waals surface area contributed by atoms with Gasteiger partial charge in [0, 0.05) is 41.8 Å². The second kappa shape index (κ2) is 8.87. The van der Waals surface area contributed by atoms with Crippen LogP contribution in [0.2, 0.25) is 0 Å². The summed E-state index contributed by atoms with van der Waals surface area (Å²) in [6.45, 7) is -2.27. The number of thiophene rings is 1. The first-order valence-corrected chi connectivity index (χ1v) is 14.6. The Labute approximate surface area is 249 Å². The minimum Gasteiger partial charge on any atom is -0.455 e. The van der Waals surface area contributed by atoms with E-state index >= 15 is 0 Å². The molecule has 42 heavy (non-hydrogen) atoms. The Bertz CT molecular complexity index is 2600. The Morgan fingerprint density at radius 3 is 2.45 bits per heavy atom. The van der Waals surface area contributed by atoms with Crippen LogP contribution in [0.4, 0.5) is 0 Å². The third kappa shape index (κ3) is 3.34. The molecule has 0 radical (unpaired) electrons. The molecular formula is C37H23N3OS. The van der Waals surface area contributed by atoms with Gasteiger partial charge >= 0.3 is 0 Å². The Balaban J connectivity index is 1.38. The van der Waals surface area contributed by atoms with Crippen LogP contribution in [-0.2, 0) is 0 Å². The SMILES string of the molecule is [2H]C([2H])([2H])c1ccc2c(n1)sc1c(-c3nc4ccccc4n3-c3ccc(-c4ccccc4)c4oc5ccccc5c34)cccc12. The molecular weight excluding hydrogens is 534 g/mol. The van der Waals surface area contributed by atoms with Crippen molar-refractivity contribution in [2.24, 2.45) is 0 Å². The van der Waals surface area contributed by atoms with Crippen LogP contribution in [0.15, 0.2) is 126 Å². The maximum atomic E-state index is 7.88. The summed E-state index contributed by atoms with van der Waals surface area (Å²) in [6.07, 6.45) is 0. The molecule has 0 bridgehead atoms. The number of para-hydroxylation sites is 3. The maximum Gasteiger partial charge on any atom is 0.147 e. The molecule has 9 aromatic rings. The van der Waals surface area contributed by atoms with E-state index in [1.807, 2.05) is 66.7 Å². The molecule has 198 valence electrons. The number of fused-ring (bicyclic) bond motifs is 7. The van der Waals surface area contributed by atoms with E-state index in [2.05, 4.69) is 58.1 Å². The minimum atomic E-state index is -2.27. The fourth-order valence-electron chi connectivity index (χ4n) is 6.15. The summed E-state index contributed by atoms with van der Waals surface area (Å²) in [6, 6.07) is 40.6.